The van der Waals surface area contributed by atoms with Gasteiger partial charge in [-0.2, -0.15) is 18.0 Å². The Morgan fingerprint density at radius 2 is 1.66 bits per heavy atom. The lowest BCUT2D eigenvalue weighted by molar-refractivity contribution is -0.137. The summed E-state index contributed by atoms with van der Waals surface area (Å²) in [4.78, 5) is 5.56. The molecule has 0 aliphatic rings. The molecule has 2 aromatic carbocycles. The molecule has 4 rings (SSSR count). The van der Waals surface area contributed by atoms with Crippen molar-refractivity contribution in [2.75, 3.05) is 0 Å². The molecular formula is C21H16F3N5. The van der Waals surface area contributed by atoms with Crippen LogP contribution in [-0.4, -0.2) is 25.2 Å². The third-order valence-electron chi connectivity index (χ3n) is 4.43. The molecule has 0 aliphatic heterocycles. The van der Waals surface area contributed by atoms with Crippen LogP contribution in [0.4, 0.5) is 13.2 Å². The third-order valence-corrected chi connectivity index (χ3v) is 4.43. The summed E-state index contributed by atoms with van der Waals surface area (Å²) in [5, 5.41) is 12.7. The maximum atomic E-state index is 12.8. The van der Waals surface area contributed by atoms with Crippen molar-refractivity contribution in [1.29, 1.82) is 0 Å². The zero-order chi connectivity index (χ0) is 20.3. The molecule has 0 bridgehead atoms. The molecule has 2 heterocycles. The van der Waals surface area contributed by atoms with Gasteiger partial charge >= 0.3 is 6.18 Å². The van der Waals surface area contributed by atoms with Gasteiger partial charge < -0.3 is 0 Å². The van der Waals surface area contributed by atoms with E-state index in [4.69, 9.17) is 0 Å². The molecule has 2 aromatic heterocycles. The Labute approximate surface area is 164 Å². The summed E-state index contributed by atoms with van der Waals surface area (Å²) < 4.78 is 38.3. The molecule has 8 heteroatoms. The summed E-state index contributed by atoms with van der Waals surface area (Å²) in [5.74, 6) is 0.469. The lowest BCUT2D eigenvalue weighted by Gasteiger charge is -2.09. The van der Waals surface area contributed by atoms with Crippen LogP contribution in [0.15, 0.2) is 73.1 Å². The molecule has 0 spiro atoms. The van der Waals surface area contributed by atoms with Crippen LogP contribution in [-0.2, 0) is 19.1 Å². The van der Waals surface area contributed by atoms with Crippen molar-refractivity contribution in [3.05, 3.63) is 95.3 Å². The van der Waals surface area contributed by atoms with Gasteiger partial charge in [0.05, 0.1) is 12.1 Å². The van der Waals surface area contributed by atoms with E-state index in [1.807, 2.05) is 36.4 Å². The van der Waals surface area contributed by atoms with E-state index >= 15 is 0 Å². The Morgan fingerprint density at radius 3 is 2.38 bits per heavy atom. The Balaban J connectivity index is 1.56. The van der Waals surface area contributed by atoms with Gasteiger partial charge in [0.1, 0.15) is 0 Å². The molecule has 0 N–H and O–H groups in total. The van der Waals surface area contributed by atoms with Crippen LogP contribution in [0.1, 0.15) is 22.3 Å². The minimum Gasteiger partial charge on any atom is -0.264 e. The third kappa shape index (κ3) is 4.48. The van der Waals surface area contributed by atoms with Crippen LogP contribution >= 0.6 is 0 Å². The highest BCUT2D eigenvalue weighted by Gasteiger charge is 2.29. The van der Waals surface area contributed by atoms with Gasteiger partial charge in [0.25, 0.3) is 0 Å². The molecule has 0 amide bonds. The molecule has 0 saturated heterocycles. The average Bonchev–Trinajstić information content (AvgIpc) is 3.17. The number of tetrazole rings is 1. The number of hydrogen-bond acceptors (Lipinski definition) is 4. The second kappa shape index (κ2) is 7.83. The summed E-state index contributed by atoms with van der Waals surface area (Å²) >= 11 is 0. The second-order valence-electron chi connectivity index (χ2n) is 6.53. The topological polar surface area (TPSA) is 56.5 Å². The van der Waals surface area contributed by atoms with Crippen molar-refractivity contribution in [1.82, 2.24) is 25.2 Å². The van der Waals surface area contributed by atoms with E-state index in [9.17, 15) is 13.2 Å². The van der Waals surface area contributed by atoms with Gasteiger partial charge in [0.2, 0.25) is 5.82 Å². The Kier molecular flexibility index (Phi) is 5.07. The number of halogens is 3. The van der Waals surface area contributed by atoms with Crippen molar-refractivity contribution in [3.8, 4) is 11.4 Å². The molecule has 0 saturated carbocycles. The van der Waals surface area contributed by atoms with Crippen molar-refractivity contribution >= 4 is 0 Å². The van der Waals surface area contributed by atoms with Gasteiger partial charge in [-0.25, -0.2) is 0 Å². The maximum Gasteiger partial charge on any atom is 0.416 e. The van der Waals surface area contributed by atoms with E-state index in [0.717, 1.165) is 34.4 Å². The van der Waals surface area contributed by atoms with Crippen molar-refractivity contribution in [2.45, 2.75) is 19.1 Å². The Morgan fingerprint density at radius 1 is 0.862 bits per heavy atom. The molecule has 4 aromatic rings. The van der Waals surface area contributed by atoms with E-state index in [-0.39, 0.29) is 0 Å². The molecule has 0 unspecified atom stereocenters. The zero-order valence-corrected chi connectivity index (χ0v) is 15.2. The van der Waals surface area contributed by atoms with Crippen LogP contribution < -0.4 is 0 Å². The van der Waals surface area contributed by atoms with E-state index in [0.29, 0.717) is 18.8 Å². The van der Waals surface area contributed by atoms with Crippen LogP contribution in [0.3, 0.4) is 0 Å². The standard InChI is InChI=1S/C21H16F3N5/c22-21(23,24)18-9-7-15(8-10-18)12-17-5-1-2-6-19(17)20-26-28-29(27-20)14-16-4-3-11-25-13-16/h1-11,13H,12,14H2. The maximum absolute atomic E-state index is 12.8. The summed E-state index contributed by atoms with van der Waals surface area (Å²) in [6, 6.07) is 16.5. The second-order valence-corrected chi connectivity index (χ2v) is 6.53. The molecule has 0 atom stereocenters. The predicted molar refractivity (Wildman–Crippen MR) is 101 cm³/mol. The number of pyridine rings is 1. The van der Waals surface area contributed by atoms with Crippen LogP contribution in [0, 0.1) is 0 Å². The SMILES string of the molecule is FC(F)(F)c1ccc(Cc2ccccc2-c2nnn(Cc3cccnc3)n2)cc1. The first-order chi connectivity index (χ1) is 14.0. The lowest BCUT2D eigenvalue weighted by atomic mass is 9.98. The van der Waals surface area contributed by atoms with E-state index < -0.39 is 11.7 Å². The number of nitrogens with zero attached hydrogens (tertiary/aromatic N) is 5. The average molecular weight is 395 g/mol. The quantitative estimate of drug-likeness (QED) is 0.503. The number of benzene rings is 2. The van der Waals surface area contributed by atoms with Gasteiger partial charge in [-0.3, -0.25) is 4.98 Å². The number of rotatable bonds is 5. The van der Waals surface area contributed by atoms with Gasteiger partial charge in [-0.1, -0.05) is 42.5 Å². The number of alkyl halides is 3. The van der Waals surface area contributed by atoms with Crippen molar-refractivity contribution in [2.24, 2.45) is 0 Å². The smallest absolute Gasteiger partial charge is 0.264 e. The number of aromatic nitrogens is 5. The van der Waals surface area contributed by atoms with Crippen molar-refractivity contribution < 1.29 is 13.2 Å². The van der Waals surface area contributed by atoms with Crippen molar-refractivity contribution in [3.63, 3.8) is 0 Å². The van der Waals surface area contributed by atoms with E-state index in [2.05, 4.69) is 20.4 Å². The summed E-state index contributed by atoms with van der Waals surface area (Å²) in [5.41, 5.74) is 2.77. The number of hydrogen-bond donors (Lipinski definition) is 0. The molecule has 29 heavy (non-hydrogen) atoms. The molecule has 0 fully saturated rings. The van der Waals surface area contributed by atoms with Crippen LogP contribution in [0.25, 0.3) is 11.4 Å². The van der Waals surface area contributed by atoms with Gasteiger partial charge in [-0.15, -0.1) is 10.2 Å². The van der Waals surface area contributed by atoms with Gasteiger partial charge in [-0.05, 0) is 46.5 Å². The Hall–Kier alpha value is -3.55. The highest BCUT2D eigenvalue weighted by atomic mass is 19.4. The predicted octanol–water partition coefficient (Wildman–Crippen LogP) is 4.39. The first-order valence-corrected chi connectivity index (χ1v) is 8.90. The monoisotopic (exact) mass is 395 g/mol. The minimum absolute atomic E-state index is 0.446. The fourth-order valence-electron chi connectivity index (χ4n) is 3.00. The zero-order valence-electron chi connectivity index (χ0n) is 15.2. The minimum atomic E-state index is -4.34. The molecular weight excluding hydrogens is 379 g/mol. The van der Waals surface area contributed by atoms with Gasteiger partial charge in [0, 0.05) is 18.0 Å². The normalized spacial score (nSPS) is 11.6. The largest absolute Gasteiger partial charge is 0.416 e. The highest BCUT2D eigenvalue weighted by Crippen LogP contribution is 2.30. The van der Waals surface area contributed by atoms with Gasteiger partial charge in [0.15, 0.2) is 0 Å². The molecule has 0 radical (unpaired) electrons. The summed E-state index contributed by atoms with van der Waals surface area (Å²) in [6.07, 6.45) is -0.443. The van der Waals surface area contributed by atoms with E-state index in [1.165, 1.54) is 16.9 Å². The molecule has 0 aliphatic carbocycles. The highest BCUT2D eigenvalue weighted by molar-refractivity contribution is 5.60. The fraction of sp³-hybridized carbons (Fsp3) is 0.143. The summed E-state index contributed by atoms with van der Waals surface area (Å²) in [6.45, 7) is 0.446. The summed E-state index contributed by atoms with van der Waals surface area (Å²) in [7, 11) is 0. The van der Waals surface area contributed by atoms with E-state index in [1.54, 1.807) is 12.4 Å². The lowest BCUT2D eigenvalue weighted by Crippen LogP contribution is -2.05. The fourth-order valence-corrected chi connectivity index (χ4v) is 3.00. The first kappa shape index (κ1) is 18.8. The Bertz CT molecular complexity index is 1090. The molecule has 5 nitrogen and oxygen atoms in total. The molecule has 146 valence electrons. The van der Waals surface area contributed by atoms with Crippen LogP contribution in [0.2, 0.25) is 0 Å². The van der Waals surface area contributed by atoms with Crippen LogP contribution in [0.5, 0.6) is 0 Å². The first-order valence-electron chi connectivity index (χ1n) is 8.90.